The number of benzene rings is 1. The molecule has 1 saturated heterocycles. The minimum absolute atomic E-state index is 0.120. The van der Waals surface area contributed by atoms with Crippen molar-refractivity contribution in [1.29, 1.82) is 0 Å². The van der Waals surface area contributed by atoms with Crippen molar-refractivity contribution in [1.82, 2.24) is 9.80 Å². The van der Waals surface area contributed by atoms with Crippen LogP contribution in [0.1, 0.15) is 10.4 Å². The van der Waals surface area contributed by atoms with Crippen LogP contribution in [0.15, 0.2) is 18.2 Å². The maximum atomic E-state index is 12.7. The van der Waals surface area contributed by atoms with Gasteiger partial charge in [-0.1, -0.05) is 0 Å². The summed E-state index contributed by atoms with van der Waals surface area (Å²) in [4.78, 5) is 28.3. The van der Waals surface area contributed by atoms with Crippen LogP contribution in [-0.2, 0) is 9.53 Å². The summed E-state index contributed by atoms with van der Waals surface area (Å²) in [6.07, 6.45) is 0. The number of rotatable bonds is 6. The molecule has 1 aromatic carbocycles. The van der Waals surface area contributed by atoms with Gasteiger partial charge in [-0.15, -0.1) is 0 Å². The van der Waals surface area contributed by atoms with Gasteiger partial charge in [0.2, 0.25) is 5.91 Å². The first-order chi connectivity index (χ1) is 12.0. The number of carbonyl (C=O) groups excluding carboxylic acids is 2. The number of nitrogens with zero attached hydrogens (tertiary/aromatic N) is 2. The monoisotopic (exact) mass is 351 g/mol. The summed E-state index contributed by atoms with van der Waals surface area (Å²) in [5.41, 5.74) is 6.28. The number of piperazine rings is 1. The van der Waals surface area contributed by atoms with Crippen molar-refractivity contribution in [2.45, 2.75) is 6.04 Å². The van der Waals surface area contributed by atoms with Crippen molar-refractivity contribution in [2.75, 3.05) is 54.1 Å². The standard InChI is InChI=1S/C17H25N3O5/c1-23-11-15(18)17(22)20-6-4-19(5-7-20)16(21)12-8-13(24-2)10-14(9-12)25-3/h8-10,15H,4-7,11,18H2,1-3H3. The first-order valence-electron chi connectivity index (χ1n) is 8.05. The van der Waals surface area contributed by atoms with Gasteiger partial charge >= 0.3 is 0 Å². The molecule has 25 heavy (non-hydrogen) atoms. The molecule has 138 valence electrons. The van der Waals surface area contributed by atoms with E-state index in [1.807, 2.05) is 0 Å². The van der Waals surface area contributed by atoms with Crippen molar-refractivity contribution >= 4 is 11.8 Å². The predicted molar refractivity (Wildman–Crippen MR) is 91.9 cm³/mol. The fourth-order valence-electron chi connectivity index (χ4n) is 2.73. The van der Waals surface area contributed by atoms with E-state index in [4.69, 9.17) is 19.9 Å². The number of amides is 2. The van der Waals surface area contributed by atoms with Gasteiger partial charge in [-0.3, -0.25) is 9.59 Å². The van der Waals surface area contributed by atoms with Crippen LogP contribution in [0.3, 0.4) is 0 Å². The summed E-state index contributed by atoms with van der Waals surface area (Å²) >= 11 is 0. The Bertz CT molecular complexity index is 592. The molecule has 1 fully saturated rings. The smallest absolute Gasteiger partial charge is 0.254 e. The second kappa shape index (κ2) is 8.68. The molecule has 0 bridgehead atoms. The highest BCUT2D eigenvalue weighted by Crippen LogP contribution is 2.23. The third-order valence-electron chi connectivity index (χ3n) is 4.14. The fourth-order valence-corrected chi connectivity index (χ4v) is 2.73. The Balaban J connectivity index is 2.01. The summed E-state index contributed by atoms with van der Waals surface area (Å²) < 4.78 is 15.3. The lowest BCUT2D eigenvalue weighted by Crippen LogP contribution is -2.55. The van der Waals surface area contributed by atoms with Crippen molar-refractivity contribution in [2.24, 2.45) is 5.73 Å². The molecular weight excluding hydrogens is 326 g/mol. The van der Waals surface area contributed by atoms with Crippen molar-refractivity contribution in [3.63, 3.8) is 0 Å². The fraction of sp³-hybridized carbons (Fsp3) is 0.529. The zero-order chi connectivity index (χ0) is 18.4. The molecule has 8 heteroatoms. The van der Waals surface area contributed by atoms with Crippen LogP contribution >= 0.6 is 0 Å². The van der Waals surface area contributed by atoms with Crippen LogP contribution in [-0.4, -0.2) is 81.8 Å². The largest absolute Gasteiger partial charge is 0.497 e. The molecule has 1 aliphatic heterocycles. The van der Waals surface area contributed by atoms with Crippen LogP contribution < -0.4 is 15.2 Å². The van der Waals surface area contributed by atoms with E-state index >= 15 is 0 Å². The Morgan fingerprint density at radius 3 is 2.00 bits per heavy atom. The number of hydrogen-bond donors (Lipinski definition) is 1. The number of hydrogen-bond acceptors (Lipinski definition) is 6. The Morgan fingerprint density at radius 2 is 1.52 bits per heavy atom. The molecule has 2 amide bonds. The third-order valence-corrected chi connectivity index (χ3v) is 4.14. The average molecular weight is 351 g/mol. The average Bonchev–Trinajstić information content (AvgIpc) is 2.66. The lowest BCUT2D eigenvalue weighted by atomic mass is 10.1. The third kappa shape index (κ3) is 4.61. The first-order valence-corrected chi connectivity index (χ1v) is 8.05. The van der Waals surface area contributed by atoms with Gasteiger partial charge in [0.25, 0.3) is 5.91 Å². The molecule has 1 heterocycles. The van der Waals surface area contributed by atoms with Crippen molar-refractivity contribution < 1.29 is 23.8 Å². The van der Waals surface area contributed by atoms with E-state index in [-0.39, 0.29) is 18.4 Å². The SMILES string of the molecule is COCC(N)C(=O)N1CCN(C(=O)c2cc(OC)cc(OC)c2)CC1. The molecule has 0 spiro atoms. The maximum Gasteiger partial charge on any atom is 0.254 e. The van der Waals surface area contributed by atoms with Crippen LogP contribution in [0, 0.1) is 0 Å². The molecule has 8 nitrogen and oxygen atoms in total. The van der Waals surface area contributed by atoms with Crippen molar-refractivity contribution in [3.05, 3.63) is 23.8 Å². The summed E-state index contributed by atoms with van der Waals surface area (Å²) in [5.74, 6) is 0.839. The Kier molecular flexibility index (Phi) is 6.60. The summed E-state index contributed by atoms with van der Waals surface area (Å²) in [6, 6.07) is 4.40. The van der Waals surface area contributed by atoms with E-state index in [2.05, 4.69) is 0 Å². The topological polar surface area (TPSA) is 94.3 Å². The van der Waals surface area contributed by atoms with Crippen LogP contribution in [0.4, 0.5) is 0 Å². The number of nitrogens with two attached hydrogens (primary N) is 1. The second-order valence-corrected chi connectivity index (χ2v) is 5.78. The number of methoxy groups -OCH3 is 3. The van der Waals surface area contributed by atoms with E-state index in [9.17, 15) is 9.59 Å². The van der Waals surface area contributed by atoms with Gasteiger partial charge in [0.05, 0.1) is 20.8 Å². The molecule has 1 atom stereocenters. The Morgan fingerprint density at radius 1 is 1.00 bits per heavy atom. The highest BCUT2D eigenvalue weighted by molar-refractivity contribution is 5.95. The van der Waals surface area contributed by atoms with Gasteiger partial charge in [0.15, 0.2) is 0 Å². The Labute approximate surface area is 147 Å². The highest BCUT2D eigenvalue weighted by atomic mass is 16.5. The van der Waals surface area contributed by atoms with E-state index in [1.165, 1.54) is 21.3 Å². The zero-order valence-corrected chi connectivity index (χ0v) is 14.9. The van der Waals surface area contributed by atoms with Crippen molar-refractivity contribution in [3.8, 4) is 11.5 Å². The molecule has 1 aromatic rings. The minimum atomic E-state index is -0.671. The summed E-state index contributed by atoms with van der Waals surface area (Å²) in [5, 5.41) is 0. The minimum Gasteiger partial charge on any atom is -0.497 e. The molecular formula is C17H25N3O5. The highest BCUT2D eigenvalue weighted by Gasteiger charge is 2.28. The quantitative estimate of drug-likeness (QED) is 0.773. The van der Waals surface area contributed by atoms with E-state index in [0.717, 1.165) is 0 Å². The number of ether oxygens (including phenoxy) is 3. The van der Waals surface area contributed by atoms with E-state index in [1.54, 1.807) is 28.0 Å². The van der Waals surface area contributed by atoms with Gasteiger partial charge < -0.3 is 29.7 Å². The molecule has 0 saturated carbocycles. The molecule has 0 radical (unpaired) electrons. The predicted octanol–water partition coefficient (Wildman–Crippen LogP) is -0.0381. The molecule has 1 unspecified atom stereocenters. The van der Waals surface area contributed by atoms with Crippen LogP contribution in [0.2, 0.25) is 0 Å². The molecule has 2 N–H and O–H groups in total. The lowest BCUT2D eigenvalue weighted by Gasteiger charge is -2.36. The van der Waals surface area contributed by atoms with Gasteiger partial charge in [0.1, 0.15) is 17.5 Å². The van der Waals surface area contributed by atoms with Crippen LogP contribution in [0.5, 0.6) is 11.5 Å². The van der Waals surface area contributed by atoms with Gasteiger partial charge in [0, 0.05) is 44.9 Å². The van der Waals surface area contributed by atoms with Gasteiger partial charge in [-0.25, -0.2) is 0 Å². The molecule has 0 aliphatic carbocycles. The van der Waals surface area contributed by atoms with Gasteiger partial charge in [-0.2, -0.15) is 0 Å². The molecule has 2 rings (SSSR count). The summed E-state index contributed by atoms with van der Waals surface area (Å²) in [6.45, 7) is 1.97. The van der Waals surface area contributed by atoms with Crippen LogP contribution in [0.25, 0.3) is 0 Å². The van der Waals surface area contributed by atoms with E-state index < -0.39 is 6.04 Å². The summed E-state index contributed by atoms with van der Waals surface area (Å²) in [7, 11) is 4.58. The second-order valence-electron chi connectivity index (χ2n) is 5.78. The molecule has 0 aromatic heterocycles. The molecule has 1 aliphatic rings. The van der Waals surface area contributed by atoms with E-state index in [0.29, 0.717) is 43.2 Å². The zero-order valence-electron chi connectivity index (χ0n) is 14.9. The first kappa shape index (κ1) is 19.0. The lowest BCUT2D eigenvalue weighted by molar-refractivity contribution is -0.135. The Hall–Kier alpha value is -2.32. The normalized spacial score (nSPS) is 15.7. The maximum absolute atomic E-state index is 12.7. The number of carbonyl (C=O) groups is 2. The van der Waals surface area contributed by atoms with Gasteiger partial charge in [-0.05, 0) is 12.1 Å².